The van der Waals surface area contributed by atoms with Gasteiger partial charge in [-0.05, 0) is 68.7 Å². The molecule has 214 valence electrons. The minimum Gasteiger partial charge on any atom is -0.480 e. The smallest absolute Gasteiger partial charge is 0.326 e. The third-order valence-corrected chi connectivity index (χ3v) is 7.40. The SMILES string of the molecule is CCC(CC)CC(=O)NC(CCN(CCCCc1ccc2c(n1)NCCC2)CCOc1ccccn1)C(=O)O. The highest BCUT2D eigenvalue weighted by molar-refractivity contribution is 5.83. The molecule has 9 heteroatoms. The number of aromatic nitrogens is 2. The van der Waals surface area contributed by atoms with Gasteiger partial charge in [-0.25, -0.2) is 14.8 Å². The molecule has 1 unspecified atom stereocenters. The number of amides is 1. The Morgan fingerprint density at radius 2 is 1.97 bits per heavy atom. The Kier molecular flexibility index (Phi) is 13.0. The topological polar surface area (TPSA) is 117 Å². The van der Waals surface area contributed by atoms with Crippen LogP contribution < -0.4 is 15.4 Å². The summed E-state index contributed by atoms with van der Waals surface area (Å²) in [6, 6.07) is 8.96. The summed E-state index contributed by atoms with van der Waals surface area (Å²) in [4.78, 5) is 35.6. The zero-order chi connectivity index (χ0) is 27.9. The molecule has 0 bridgehead atoms. The molecule has 0 aliphatic carbocycles. The summed E-state index contributed by atoms with van der Waals surface area (Å²) in [7, 11) is 0. The summed E-state index contributed by atoms with van der Waals surface area (Å²) in [5.41, 5.74) is 2.39. The Bertz CT molecular complexity index is 1020. The van der Waals surface area contributed by atoms with Gasteiger partial charge in [-0.1, -0.05) is 38.8 Å². The van der Waals surface area contributed by atoms with E-state index in [2.05, 4.69) is 46.5 Å². The van der Waals surface area contributed by atoms with E-state index in [9.17, 15) is 14.7 Å². The third-order valence-electron chi connectivity index (χ3n) is 7.40. The predicted molar refractivity (Wildman–Crippen MR) is 153 cm³/mol. The molecule has 3 N–H and O–H groups in total. The molecule has 1 amide bonds. The number of pyridine rings is 2. The molecule has 0 radical (unpaired) electrons. The third kappa shape index (κ3) is 10.8. The number of carbonyl (C=O) groups excluding carboxylic acids is 1. The molecule has 0 saturated carbocycles. The summed E-state index contributed by atoms with van der Waals surface area (Å²) in [6.07, 6.45) is 9.28. The summed E-state index contributed by atoms with van der Waals surface area (Å²) >= 11 is 0. The zero-order valence-corrected chi connectivity index (χ0v) is 23.5. The first-order chi connectivity index (χ1) is 19.0. The lowest BCUT2D eigenvalue weighted by molar-refractivity contribution is -0.142. The van der Waals surface area contributed by atoms with Gasteiger partial charge in [0.1, 0.15) is 18.5 Å². The van der Waals surface area contributed by atoms with Gasteiger partial charge in [0.25, 0.3) is 0 Å². The molecule has 0 fully saturated rings. The molecule has 0 aromatic carbocycles. The second-order valence-corrected chi connectivity index (χ2v) is 10.3. The number of hydrogen-bond acceptors (Lipinski definition) is 7. The van der Waals surface area contributed by atoms with Crippen molar-refractivity contribution in [3.05, 3.63) is 47.8 Å². The van der Waals surface area contributed by atoms with Gasteiger partial charge < -0.3 is 20.5 Å². The van der Waals surface area contributed by atoms with Crippen molar-refractivity contribution >= 4 is 17.7 Å². The highest BCUT2D eigenvalue weighted by atomic mass is 16.5. The van der Waals surface area contributed by atoms with Gasteiger partial charge in [0.2, 0.25) is 11.8 Å². The van der Waals surface area contributed by atoms with Gasteiger partial charge >= 0.3 is 5.97 Å². The number of unbranched alkanes of at least 4 members (excludes halogenated alkanes) is 1. The molecule has 0 spiro atoms. The molecule has 3 heterocycles. The fourth-order valence-corrected chi connectivity index (χ4v) is 4.86. The largest absolute Gasteiger partial charge is 0.480 e. The quantitative estimate of drug-likeness (QED) is 0.240. The Labute approximate surface area is 232 Å². The van der Waals surface area contributed by atoms with Gasteiger partial charge in [0.05, 0.1) is 0 Å². The van der Waals surface area contributed by atoms with Crippen LogP contribution in [0.2, 0.25) is 0 Å². The Balaban J connectivity index is 1.50. The van der Waals surface area contributed by atoms with Gasteiger partial charge in [0.15, 0.2) is 0 Å². The van der Waals surface area contributed by atoms with E-state index in [-0.39, 0.29) is 11.8 Å². The summed E-state index contributed by atoms with van der Waals surface area (Å²) in [6.45, 7) is 7.55. The van der Waals surface area contributed by atoms with Crippen molar-refractivity contribution in [1.82, 2.24) is 20.2 Å². The van der Waals surface area contributed by atoms with E-state index in [1.807, 2.05) is 18.2 Å². The first-order valence-electron chi connectivity index (χ1n) is 14.5. The maximum absolute atomic E-state index is 12.5. The van der Waals surface area contributed by atoms with E-state index in [0.29, 0.717) is 38.4 Å². The molecule has 0 saturated heterocycles. The molecule has 1 atom stereocenters. The van der Waals surface area contributed by atoms with Crippen molar-refractivity contribution in [1.29, 1.82) is 0 Å². The molecule has 39 heavy (non-hydrogen) atoms. The Morgan fingerprint density at radius 1 is 1.13 bits per heavy atom. The number of hydrogen-bond donors (Lipinski definition) is 3. The number of nitrogens with zero attached hydrogens (tertiary/aromatic N) is 3. The summed E-state index contributed by atoms with van der Waals surface area (Å²) < 4.78 is 5.80. The van der Waals surface area contributed by atoms with Gasteiger partial charge in [-0.3, -0.25) is 9.69 Å². The standard InChI is InChI=1S/C30H45N5O4/c1-3-23(4-2)22-27(36)34-26(30(37)38)15-19-35(20-21-39-28-12-5-7-16-31-28)18-8-6-11-25-14-13-24-10-9-17-32-29(24)33-25/h5,7,12-14,16,23,26H,3-4,6,8-11,15,17-22H2,1-2H3,(H,32,33)(H,34,36)(H,37,38). The molecule has 9 nitrogen and oxygen atoms in total. The summed E-state index contributed by atoms with van der Waals surface area (Å²) in [5, 5.41) is 15.9. The number of carboxylic acids is 1. The first kappa shape index (κ1) is 30.3. The fourth-order valence-electron chi connectivity index (χ4n) is 4.86. The number of nitrogens with one attached hydrogen (secondary N) is 2. The van der Waals surface area contributed by atoms with Crippen LogP contribution in [0, 0.1) is 5.92 Å². The average molecular weight is 540 g/mol. The van der Waals surface area contributed by atoms with E-state index < -0.39 is 12.0 Å². The van der Waals surface area contributed by atoms with Crippen molar-refractivity contribution in [2.24, 2.45) is 5.92 Å². The fraction of sp³-hybridized carbons (Fsp3) is 0.600. The molecule has 2 aromatic rings. The number of anilines is 1. The highest BCUT2D eigenvalue weighted by Crippen LogP contribution is 2.20. The first-order valence-corrected chi connectivity index (χ1v) is 14.5. The number of ether oxygens (including phenoxy) is 1. The van der Waals surface area contributed by atoms with E-state index in [1.54, 1.807) is 6.20 Å². The lowest BCUT2D eigenvalue weighted by Gasteiger charge is -2.25. The number of aryl methyl sites for hydroxylation is 2. The molecule has 1 aliphatic rings. The van der Waals surface area contributed by atoms with Crippen molar-refractivity contribution in [3.63, 3.8) is 0 Å². The lowest BCUT2D eigenvalue weighted by atomic mass is 9.99. The van der Waals surface area contributed by atoms with Gasteiger partial charge in [-0.15, -0.1) is 0 Å². The van der Waals surface area contributed by atoms with Crippen molar-refractivity contribution in [3.8, 4) is 5.88 Å². The van der Waals surface area contributed by atoms with Crippen molar-refractivity contribution < 1.29 is 19.4 Å². The Morgan fingerprint density at radius 3 is 2.72 bits per heavy atom. The number of aliphatic carboxylic acids is 1. The summed E-state index contributed by atoms with van der Waals surface area (Å²) in [5.74, 6) is 0.692. The normalized spacial score (nSPS) is 13.5. The zero-order valence-electron chi connectivity index (χ0n) is 23.5. The number of fused-ring (bicyclic) bond motifs is 1. The van der Waals surface area contributed by atoms with E-state index in [4.69, 9.17) is 9.72 Å². The molecular formula is C30H45N5O4. The van der Waals surface area contributed by atoms with Crippen LogP contribution in [0.5, 0.6) is 5.88 Å². The Hall–Kier alpha value is -3.20. The lowest BCUT2D eigenvalue weighted by Crippen LogP contribution is -2.44. The molecule has 1 aliphatic heterocycles. The van der Waals surface area contributed by atoms with Crippen LogP contribution in [0.1, 0.15) is 70.1 Å². The van der Waals surface area contributed by atoms with E-state index in [1.165, 1.54) is 5.56 Å². The second kappa shape index (κ2) is 16.7. The predicted octanol–water partition coefficient (Wildman–Crippen LogP) is 4.32. The van der Waals surface area contributed by atoms with Crippen LogP contribution in [-0.2, 0) is 22.4 Å². The maximum atomic E-state index is 12.5. The van der Waals surface area contributed by atoms with E-state index in [0.717, 1.165) is 69.5 Å². The van der Waals surface area contributed by atoms with E-state index >= 15 is 0 Å². The van der Waals surface area contributed by atoms with Crippen LogP contribution in [0.25, 0.3) is 0 Å². The monoisotopic (exact) mass is 539 g/mol. The molecular weight excluding hydrogens is 494 g/mol. The molecule has 2 aromatic heterocycles. The van der Waals surface area contributed by atoms with Crippen molar-refractivity contribution in [2.45, 2.75) is 77.7 Å². The maximum Gasteiger partial charge on any atom is 0.326 e. The van der Waals surface area contributed by atoms with Gasteiger partial charge in [0, 0.05) is 44.0 Å². The second-order valence-electron chi connectivity index (χ2n) is 10.3. The number of carbonyl (C=O) groups is 2. The number of carboxylic acid groups (broad SMARTS) is 1. The van der Waals surface area contributed by atoms with Crippen LogP contribution in [0.4, 0.5) is 5.82 Å². The van der Waals surface area contributed by atoms with Crippen LogP contribution in [0.3, 0.4) is 0 Å². The average Bonchev–Trinajstić information content (AvgIpc) is 2.96. The highest BCUT2D eigenvalue weighted by Gasteiger charge is 2.22. The van der Waals surface area contributed by atoms with Crippen molar-refractivity contribution in [2.75, 3.05) is 38.1 Å². The van der Waals surface area contributed by atoms with Crippen LogP contribution in [0.15, 0.2) is 36.5 Å². The minimum atomic E-state index is -0.996. The molecule has 3 rings (SSSR count). The van der Waals surface area contributed by atoms with Crippen LogP contribution >= 0.6 is 0 Å². The van der Waals surface area contributed by atoms with Crippen LogP contribution in [-0.4, -0.2) is 70.7 Å². The number of rotatable bonds is 18. The van der Waals surface area contributed by atoms with Gasteiger partial charge in [-0.2, -0.15) is 0 Å². The minimum absolute atomic E-state index is 0.187.